The van der Waals surface area contributed by atoms with Gasteiger partial charge in [-0.25, -0.2) is 4.98 Å². The molecule has 0 bridgehead atoms. The number of amides is 1. The lowest BCUT2D eigenvalue weighted by Gasteiger charge is -2.12. The second-order valence-corrected chi connectivity index (χ2v) is 8.67. The molecule has 2 aromatic heterocycles. The van der Waals surface area contributed by atoms with Gasteiger partial charge in [-0.05, 0) is 31.4 Å². The van der Waals surface area contributed by atoms with Gasteiger partial charge < -0.3 is 5.73 Å². The highest BCUT2D eigenvalue weighted by atomic mass is 32.2. The summed E-state index contributed by atoms with van der Waals surface area (Å²) in [5, 5.41) is 1.35. The number of fused-ring (bicyclic) bond motifs is 1. The van der Waals surface area contributed by atoms with Crippen LogP contribution in [0.4, 0.5) is 0 Å². The molecule has 1 amide bonds. The van der Waals surface area contributed by atoms with Crippen molar-refractivity contribution in [3.8, 4) is 0 Å². The van der Waals surface area contributed by atoms with Crippen molar-refractivity contribution in [3.05, 3.63) is 56.2 Å². The van der Waals surface area contributed by atoms with Crippen molar-refractivity contribution >= 4 is 39.2 Å². The fourth-order valence-electron chi connectivity index (χ4n) is 2.95. The van der Waals surface area contributed by atoms with E-state index in [1.54, 1.807) is 15.9 Å². The summed E-state index contributed by atoms with van der Waals surface area (Å²) >= 11 is 2.99. The number of carbonyl (C=O) groups excluding carboxylic acids is 1. The minimum Gasteiger partial charge on any atom is -0.370 e. The number of nitrogens with zero attached hydrogens (tertiary/aromatic N) is 2. The molecule has 0 radical (unpaired) electrons. The van der Waals surface area contributed by atoms with Gasteiger partial charge in [0.2, 0.25) is 5.91 Å². The first kappa shape index (κ1) is 19.6. The number of hydrogen-bond acceptors (Lipinski definition) is 5. The fraction of sp³-hybridized carbons (Fsp3) is 0.350. The summed E-state index contributed by atoms with van der Waals surface area (Å²) in [6.07, 6.45) is 1.14. The van der Waals surface area contributed by atoms with Crippen LogP contribution in [-0.2, 0) is 17.8 Å². The third-order valence-corrected chi connectivity index (χ3v) is 6.78. The van der Waals surface area contributed by atoms with Crippen molar-refractivity contribution in [3.63, 3.8) is 0 Å². The van der Waals surface area contributed by atoms with Crippen LogP contribution in [0.25, 0.3) is 10.2 Å². The van der Waals surface area contributed by atoms with E-state index in [4.69, 9.17) is 10.7 Å². The molecule has 2 heterocycles. The number of aromatic nitrogens is 2. The maximum Gasteiger partial charge on any atom is 0.263 e. The number of benzene rings is 1. The third kappa shape index (κ3) is 4.25. The van der Waals surface area contributed by atoms with Crippen molar-refractivity contribution in [2.75, 3.05) is 5.75 Å². The lowest BCUT2D eigenvalue weighted by atomic mass is 10.1. The monoisotopic (exact) mass is 401 g/mol. The first-order chi connectivity index (χ1) is 12.9. The van der Waals surface area contributed by atoms with Gasteiger partial charge in [-0.2, -0.15) is 0 Å². The summed E-state index contributed by atoms with van der Waals surface area (Å²) in [6, 6.07) is 8.14. The van der Waals surface area contributed by atoms with Crippen molar-refractivity contribution in [2.45, 2.75) is 45.3 Å². The normalized spacial score (nSPS) is 11.2. The first-order valence-corrected chi connectivity index (χ1v) is 10.7. The average molecular weight is 402 g/mol. The molecule has 3 aromatic rings. The van der Waals surface area contributed by atoms with E-state index in [-0.39, 0.29) is 17.9 Å². The zero-order chi connectivity index (χ0) is 19.6. The van der Waals surface area contributed by atoms with Gasteiger partial charge in [0, 0.05) is 17.1 Å². The predicted octanol–water partition coefficient (Wildman–Crippen LogP) is 3.65. The molecular weight excluding hydrogens is 378 g/mol. The molecule has 0 atom stereocenters. The Balaban J connectivity index is 2.09. The molecular formula is C20H23N3O2S2. The Bertz CT molecular complexity index is 1040. The van der Waals surface area contributed by atoms with Gasteiger partial charge in [-0.1, -0.05) is 48.5 Å². The summed E-state index contributed by atoms with van der Waals surface area (Å²) in [5.41, 5.74) is 8.49. The number of carbonyl (C=O) groups is 1. The van der Waals surface area contributed by atoms with E-state index < -0.39 is 0 Å². The Labute approximate surface area is 166 Å². The molecule has 0 aliphatic heterocycles. The molecule has 2 N–H and O–H groups in total. The number of aryl methyl sites for hydroxylation is 3. The number of thioether (sulfide) groups is 1. The largest absolute Gasteiger partial charge is 0.370 e. The van der Waals surface area contributed by atoms with Gasteiger partial charge in [0.1, 0.15) is 4.83 Å². The Hall–Kier alpha value is -2.12. The van der Waals surface area contributed by atoms with Crippen LogP contribution in [-0.4, -0.2) is 21.2 Å². The van der Waals surface area contributed by atoms with Crippen LogP contribution < -0.4 is 11.3 Å². The number of rotatable bonds is 7. The van der Waals surface area contributed by atoms with Gasteiger partial charge in [-0.15, -0.1) is 11.3 Å². The van der Waals surface area contributed by atoms with Gasteiger partial charge in [0.05, 0.1) is 11.9 Å². The Morgan fingerprint density at radius 2 is 1.96 bits per heavy atom. The third-order valence-electron chi connectivity index (χ3n) is 4.48. The summed E-state index contributed by atoms with van der Waals surface area (Å²) in [5.74, 6) is 0.155. The van der Waals surface area contributed by atoms with Crippen molar-refractivity contribution < 1.29 is 4.79 Å². The van der Waals surface area contributed by atoms with Crippen LogP contribution in [0.1, 0.15) is 34.9 Å². The summed E-state index contributed by atoms with van der Waals surface area (Å²) in [4.78, 5) is 31.1. The molecule has 1 aromatic carbocycles. The van der Waals surface area contributed by atoms with Gasteiger partial charge >= 0.3 is 0 Å². The molecule has 0 unspecified atom stereocenters. The molecule has 7 heteroatoms. The van der Waals surface area contributed by atoms with E-state index in [0.29, 0.717) is 22.8 Å². The number of nitrogens with two attached hydrogens (primary N) is 1. The molecule has 0 fully saturated rings. The Morgan fingerprint density at radius 1 is 1.26 bits per heavy atom. The molecule has 3 rings (SSSR count). The number of hydrogen-bond donors (Lipinski definition) is 1. The number of primary amides is 1. The van der Waals surface area contributed by atoms with E-state index in [2.05, 4.69) is 6.92 Å². The van der Waals surface area contributed by atoms with Gasteiger partial charge in [0.15, 0.2) is 5.16 Å². The second kappa shape index (κ2) is 8.27. The maximum absolute atomic E-state index is 13.3. The highest BCUT2D eigenvalue weighted by Crippen LogP contribution is 2.29. The van der Waals surface area contributed by atoms with E-state index >= 15 is 0 Å². The quantitative estimate of drug-likeness (QED) is 0.484. The SMILES string of the molecule is CCc1sc2nc(SCCC(N)=O)n(Cc3ccc(C)cc3)c(=O)c2c1C. The standard InChI is InChI=1S/C20H23N3O2S2/c1-4-15-13(3)17-18(27-15)22-20(26-10-9-16(21)24)23(19(17)25)11-14-7-5-12(2)6-8-14/h5-8H,4,9-11H2,1-3H3,(H2,21,24). The first-order valence-electron chi connectivity index (χ1n) is 8.90. The zero-order valence-electron chi connectivity index (χ0n) is 15.7. The van der Waals surface area contributed by atoms with Crippen LogP contribution in [0.3, 0.4) is 0 Å². The summed E-state index contributed by atoms with van der Waals surface area (Å²) in [7, 11) is 0. The topological polar surface area (TPSA) is 78.0 Å². The fourth-order valence-corrected chi connectivity index (χ4v) is 5.06. The van der Waals surface area contributed by atoms with Crippen molar-refractivity contribution in [2.24, 2.45) is 5.73 Å². The smallest absolute Gasteiger partial charge is 0.263 e. The van der Waals surface area contributed by atoms with E-state index in [1.807, 2.05) is 38.1 Å². The molecule has 27 heavy (non-hydrogen) atoms. The highest BCUT2D eigenvalue weighted by molar-refractivity contribution is 7.99. The van der Waals surface area contributed by atoms with Gasteiger partial charge in [-0.3, -0.25) is 14.2 Å². The van der Waals surface area contributed by atoms with E-state index in [1.165, 1.54) is 22.2 Å². The Morgan fingerprint density at radius 3 is 2.59 bits per heavy atom. The zero-order valence-corrected chi connectivity index (χ0v) is 17.4. The molecule has 0 aliphatic carbocycles. The van der Waals surface area contributed by atoms with Crippen LogP contribution in [0.2, 0.25) is 0 Å². The molecule has 0 spiro atoms. The number of thiophene rings is 1. The maximum atomic E-state index is 13.3. The molecule has 0 saturated carbocycles. The minimum atomic E-state index is -0.351. The van der Waals surface area contributed by atoms with Crippen LogP contribution in [0.15, 0.2) is 34.2 Å². The van der Waals surface area contributed by atoms with Crippen LogP contribution in [0.5, 0.6) is 0 Å². The summed E-state index contributed by atoms with van der Waals surface area (Å²) < 4.78 is 1.72. The van der Waals surface area contributed by atoms with Crippen molar-refractivity contribution in [1.29, 1.82) is 0 Å². The molecule has 0 saturated heterocycles. The summed E-state index contributed by atoms with van der Waals surface area (Å²) in [6.45, 7) is 6.58. The van der Waals surface area contributed by atoms with Crippen LogP contribution >= 0.6 is 23.1 Å². The van der Waals surface area contributed by atoms with Crippen molar-refractivity contribution in [1.82, 2.24) is 9.55 Å². The second-order valence-electron chi connectivity index (χ2n) is 6.52. The highest BCUT2D eigenvalue weighted by Gasteiger charge is 2.18. The molecule has 0 aliphatic rings. The Kier molecular flexibility index (Phi) is 6.01. The lowest BCUT2D eigenvalue weighted by molar-refractivity contribution is -0.117. The van der Waals surface area contributed by atoms with E-state index in [9.17, 15) is 9.59 Å². The van der Waals surface area contributed by atoms with Crippen LogP contribution in [0, 0.1) is 13.8 Å². The molecule has 142 valence electrons. The minimum absolute atomic E-state index is 0.0180. The average Bonchev–Trinajstić information content (AvgIpc) is 2.95. The molecule has 5 nitrogen and oxygen atoms in total. The predicted molar refractivity (Wildman–Crippen MR) is 113 cm³/mol. The van der Waals surface area contributed by atoms with E-state index in [0.717, 1.165) is 22.4 Å². The lowest BCUT2D eigenvalue weighted by Crippen LogP contribution is -2.24. The van der Waals surface area contributed by atoms with Gasteiger partial charge in [0.25, 0.3) is 5.56 Å².